The van der Waals surface area contributed by atoms with Crippen LogP contribution in [0.5, 0.6) is 0 Å². The van der Waals surface area contributed by atoms with Crippen LogP contribution in [0, 0.1) is 35.0 Å². The number of rotatable bonds is 2. The molecular weight excluding hydrogens is 360 g/mol. The molecule has 0 unspecified atom stereocenters. The molecule has 8 atom stereocenters. The summed E-state index contributed by atoms with van der Waals surface area (Å²) >= 11 is 0. The van der Waals surface area contributed by atoms with Gasteiger partial charge in [0.1, 0.15) is 5.60 Å². The Morgan fingerprint density at radius 2 is 1.93 bits per heavy atom. The number of hydrogen-bond acceptors (Lipinski definition) is 6. The van der Waals surface area contributed by atoms with Crippen LogP contribution in [0.25, 0.3) is 0 Å². The van der Waals surface area contributed by atoms with Gasteiger partial charge in [-0.05, 0) is 24.5 Å². The fraction of sp³-hybridized carbons (Fsp3) is 0.727. The number of esters is 1. The molecule has 4 rings (SSSR count). The maximum atomic E-state index is 12.8. The molecule has 0 aliphatic heterocycles. The minimum Gasteiger partial charge on any atom is -0.456 e. The van der Waals surface area contributed by atoms with Crippen molar-refractivity contribution in [1.29, 1.82) is 0 Å². The predicted molar refractivity (Wildman–Crippen MR) is 101 cm³/mol. The molecule has 2 fully saturated rings. The Morgan fingerprint density at radius 3 is 2.50 bits per heavy atom. The second-order valence-corrected chi connectivity index (χ2v) is 9.77. The second kappa shape index (κ2) is 5.77. The summed E-state index contributed by atoms with van der Waals surface area (Å²) in [4.78, 5) is 24.6. The highest BCUT2D eigenvalue weighted by Crippen LogP contribution is 2.76. The number of carbonyl (C=O) groups is 2. The molecular formula is C22H30O6. The first-order valence-electron chi connectivity index (χ1n) is 10.1. The summed E-state index contributed by atoms with van der Waals surface area (Å²) < 4.78 is 5.73. The van der Waals surface area contributed by atoms with E-state index in [0.717, 1.165) is 5.57 Å². The molecule has 154 valence electrons. The lowest BCUT2D eigenvalue weighted by molar-refractivity contribution is -0.207. The standard InChI is InChI=1S/C22H30O6/c1-10-6-15-14(17(10)25)7-13(9-23)8-16-18-20(4,5)22(18,28-12(3)24)19(26)11(2)21(15,16)27/h6,8,11,14-16,18-19,23,26-27H,7,9H2,1-5H3/t11-,14+,15+,16+,18+,19+,21+,22+/m0/s1. The average Bonchev–Trinajstić information content (AvgIpc) is 3.01. The van der Waals surface area contributed by atoms with E-state index in [1.54, 1.807) is 13.8 Å². The largest absolute Gasteiger partial charge is 0.456 e. The Morgan fingerprint density at radius 1 is 1.29 bits per heavy atom. The number of carbonyl (C=O) groups excluding carboxylic acids is 2. The van der Waals surface area contributed by atoms with E-state index in [9.17, 15) is 24.9 Å². The lowest BCUT2D eigenvalue weighted by atomic mass is 9.60. The smallest absolute Gasteiger partial charge is 0.303 e. The van der Waals surface area contributed by atoms with Crippen LogP contribution in [0.2, 0.25) is 0 Å². The Labute approximate surface area is 165 Å². The lowest BCUT2D eigenvalue weighted by Gasteiger charge is -2.51. The highest BCUT2D eigenvalue weighted by Gasteiger charge is 2.86. The van der Waals surface area contributed by atoms with Gasteiger partial charge in [0.05, 0.1) is 18.3 Å². The van der Waals surface area contributed by atoms with Crippen molar-refractivity contribution in [2.45, 2.75) is 58.3 Å². The van der Waals surface area contributed by atoms with Gasteiger partial charge in [0.2, 0.25) is 0 Å². The quantitative estimate of drug-likeness (QED) is 0.486. The third-order valence-corrected chi connectivity index (χ3v) is 8.23. The van der Waals surface area contributed by atoms with E-state index >= 15 is 0 Å². The first kappa shape index (κ1) is 19.8. The van der Waals surface area contributed by atoms with Crippen molar-refractivity contribution in [2.24, 2.45) is 35.0 Å². The predicted octanol–water partition coefficient (Wildman–Crippen LogP) is 1.39. The minimum absolute atomic E-state index is 0.00741. The summed E-state index contributed by atoms with van der Waals surface area (Å²) in [5, 5.41) is 33.3. The number of aliphatic hydroxyl groups is 3. The van der Waals surface area contributed by atoms with Gasteiger partial charge >= 0.3 is 5.97 Å². The van der Waals surface area contributed by atoms with E-state index in [4.69, 9.17) is 4.74 Å². The number of ether oxygens (including phenoxy) is 1. The van der Waals surface area contributed by atoms with Crippen molar-refractivity contribution in [3.8, 4) is 0 Å². The molecule has 0 aromatic carbocycles. The van der Waals surface area contributed by atoms with Gasteiger partial charge in [-0.15, -0.1) is 0 Å². The van der Waals surface area contributed by atoms with Gasteiger partial charge in [-0.3, -0.25) is 9.59 Å². The maximum Gasteiger partial charge on any atom is 0.303 e. The van der Waals surface area contributed by atoms with E-state index in [2.05, 4.69) is 0 Å². The molecule has 3 N–H and O–H groups in total. The molecule has 0 bridgehead atoms. The first-order chi connectivity index (χ1) is 12.9. The van der Waals surface area contributed by atoms with Crippen molar-refractivity contribution in [2.75, 3.05) is 6.61 Å². The summed E-state index contributed by atoms with van der Waals surface area (Å²) in [5.74, 6) is -2.71. The molecule has 0 radical (unpaired) electrons. The first-order valence-corrected chi connectivity index (χ1v) is 10.1. The molecule has 6 heteroatoms. The molecule has 6 nitrogen and oxygen atoms in total. The fourth-order valence-electron chi connectivity index (χ4n) is 6.84. The molecule has 0 amide bonds. The maximum absolute atomic E-state index is 12.8. The van der Waals surface area contributed by atoms with E-state index in [1.807, 2.05) is 26.0 Å². The molecule has 28 heavy (non-hydrogen) atoms. The molecule has 0 spiro atoms. The fourth-order valence-corrected chi connectivity index (χ4v) is 6.84. The normalized spacial score (nSPS) is 48.5. The van der Waals surface area contributed by atoms with Crippen LogP contribution in [0.15, 0.2) is 23.3 Å². The van der Waals surface area contributed by atoms with Crippen molar-refractivity contribution >= 4 is 11.8 Å². The van der Waals surface area contributed by atoms with Gasteiger partial charge in [-0.2, -0.15) is 0 Å². The van der Waals surface area contributed by atoms with Crippen LogP contribution in [0.4, 0.5) is 0 Å². The number of aliphatic hydroxyl groups excluding tert-OH is 2. The van der Waals surface area contributed by atoms with Gasteiger partial charge in [-0.25, -0.2) is 0 Å². The summed E-state index contributed by atoms with van der Waals surface area (Å²) in [6.45, 7) is 8.56. The number of Topliss-reactive ketones (excluding diaryl/α,β-unsaturated/α-hetero) is 1. The van der Waals surface area contributed by atoms with Gasteiger partial charge in [0, 0.05) is 41.9 Å². The monoisotopic (exact) mass is 390 g/mol. The average molecular weight is 390 g/mol. The number of allylic oxidation sites excluding steroid dienone is 1. The zero-order chi connectivity index (χ0) is 20.8. The Balaban J connectivity index is 1.90. The third-order valence-electron chi connectivity index (χ3n) is 8.23. The van der Waals surface area contributed by atoms with Crippen LogP contribution < -0.4 is 0 Å². The zero-order valence-corrected chi connectivity index (χ0v) is 17.1. The van der Waals surface area contributed by atoms with Crippen LogP contribution in [-0.2, 0) is 14.3 Å². The van der Waals surface area contributed by atoms with Gasteiger partial charge in [0.25, 0.3) is 0 Å². The zero-order valence-electron chi connectivity index (χ0n) is 17.1. The van der Waals surface area contributed by atoms with E-state index < -0.39 is 52.4 Å². The number of hydrogen-bond donors (Lipinski definition) is 3. The van der Waals surface area contributed by atoms with Crippen molar-refractivity contribution < 1.29 is 29.6 Å². The highest BCUT2D eigenvalue weighted by molar-refractivity contribution is 5.99. The molecule has 0 saturated heterocycles. The molecule has 0 aromatic rings. The minimum atomic E-state index is -1.36. The summed E-state index contributed by atoms with van der Waals surface area (Å²) in [6.07, 6.45) is 3.07. The topological polar surface area (TPSA) is 104 Å². The van der Waals surface area contributed by atoms with E-state index in [0.29, 0.717) is 12.0 Å². The molecule has 4 aliphatic rings. The second-order valence-electron chi connectivity index (χ2n) is 9.77. The molecule has 0 heterocycles. The highest BCUT2D eigenvalue weighted by atomic mass is 16.6. The summed E-state index contributed by atoms with van der Waals surface area (Å²) in [7, 11) is 0. The Kier molecular flexibility index (Phi) is 4.08. The SMILES string of the molecule is CC(=O)O[C@@]12[C@H](O)[C@H](C)[C@]3(O)[C@H](C=C(CO)C[C@H]4C(=O)C(C)=C[C@H]43)[C@@H]1C2(C)C. The third kappa shape index (κ3) is 2.09. The van der Waals surface area contributed by atoms with Crippen LogP contribution >= 0.6 is 0 Å². The van der Waals surface area contributed by atoms with E-state index in [-0.39, 0.29) is 18.3 Å². The number of fused-ring (bicyclic) bond motifs is 5. The van der Waals surface area contributed by atoms with Crippen LogP contribution in [0.3, 0.4) is 0 Å². The Hall–Kier alpha value is -1.50. The summed E-state index contributed by atoms with van der Waals surface area (Å²) in [5.41, 5.74) is -1.64. The number of ketones is 1. The molecule has 0 aromatic heterocycles. The van der Waals surface area contributed by atoms with Gasteiger partial charge in [0.15, 0.2) is 5.78 Å². The van der Waals surface area contributed by atoms with Crippen molar-refractivity contribution in [3.05, 3.63) is 23.3 Å². The lowest BCUT2D eigenvalue weighted by Crippen LogP contribution is -2.62. The van der Waals surface area contributed by atoms with Crippen LogP contribution in [0.1, 0.15) is 41.0 Å². The van der Waals surface area contributed by atoms with Crippen LogP contribution in [-0.4, -0.2) is 51.0 Å². The summed E-state index contributed by atoms with van der Waals surface area (Å²) in [6, 6.07) is 0. The van der Waals surface area contributed by atoms with Gasteiger partial charge < -0.3 is 20.1 Å². The van der Waals surface area contributed by atoms with Crippen molar-refractivity contribution in [1.82, 2.24) is 0 Å². The molecule has 4 aliphatic carbocycles. The van der Waals surface area contributed by atoms with Gasteiger partial charge in [-0.1, -0.05) is 32.9 Å². The van der Waals surface area contributed by atoms with Crippen molar-refractivity contribution in [3.63, 3.8) is 0 Å². The van der Waals surface area contributed by atoms with E-state index in [1.165, 1.54) is 6.92 Å². The molecule has 2 saturated carbocycles. The Bertz CT molecular complexity index is 810.